The van der Waals surface area contributed by atoms with Crippen LogP contribution in [0, 0.1) is 0 Å². The van der Waals surface area contributed by atoms with Crippen molar-refractivity contribution in [1.82, 2.24) is 0 Å². The molecule has 3 heteroatoms. The van der Waals surface area contributed by atoms with Gasteiger partial charge < -0.3 is 0 Å². The van der Waals surface area contributed by atoms with Gasteiger partial charge in [-0.05, 0) is 0 Å². The first kappa shape index (κ1) is 13.4. The molecule has 2 aromatic rings. The van der Waals surface area contributed by atoms with Crippen LogP contribution in [0.3, 0.4) is 0 Å². The molecule has 0 saturated carbocycles. The zero-order chi connectivity index (χ0) is 12.8. The second-order valence-electron chi connectivity index (χ2n) is 3.59. The van der Waals surface area contributed by atoms with E-state index in [0.29, 0.717) is 0 Å². The summed E-state index contributed by atoms with van der Waals surface area (Å²) in [5.41, 5.74) is 1.08. The molecular formula is C15H11ClOTe. The summed E-state index contributed by atoms with van der Waals surface area (Å²) in [6, 6.07) is 20.2. The van der Waals surface area contributed by atoms with Crippen LogP contribution < -0.4 is 3.61 Å². The van der Waals surface area contributed by atoms with Gasteiger partial charge in [0.2, 0.25) is 0 Å². The Hall–Kier alpha value is -1.07. The fourth-order valence-electron chi connectivity index (χ4n) is 1.49. The molecular weight excluding hydrogens is 359 g/mol. The van der Waals surface area contributed by atoms with Crippen molar-refractivity contribution in [1.29, 1.82) is 0 Å². The van der Waals surface area contributed by atoms with Crippen LogP contribution in [0.1, 0.15) is 5.56 Å². The summed E-state index contributed by atoms with van der Waals surface area (Å²) in [4.78, 5) is 11.1. The molecule has 90 valence electrons. The summed E-state index contributed by atoms with van der Waals surface area (Å²) in [7, 11) is 0. The van der Waals surface area contributed by atoms with Crippen LogP contribution >= 0.6 is 11.6 Å². The molecule has 0 N–H and O–H groups in total. The minimum absolute atomic E-state index is 0.408. The molecule has 0 aliphatic carbocycles. The molecule has 18 heavy (non-hydrogen) atoms. The number of benzene rings is 2. The Morgan fingerprint density at radius 2 is 1.50 bits per heavy atom. The number of carbonyl (C=O) groups excluding carboxylic acids is 1. The molecule has 2 rings (SSSR count). The molecule has 0 atom stereocenters. The Morgan fingerprint density at radius 3 is 2.06 bits per heavy atom. The first-order valence-corrected chi connectivity index (χ1v) is 8.16. The van der Waals surface area contributed by atoms with E-state index in [1.807, 2.05) is 48.5 Å². The number of hydrogen-bond acceptors (Lipinski definition) is 1. The zero-order valence-electron chi connectivity index (χ0n) is 9.55. The molecule has 1 nitrogen and oxygen atoms in total. The van der Waals surface area contributed by atoms with Gasteiger partial charge in [-0.3, -0.25) is 0 Å². The topological polar surface area (TPSA) is 17.1 Å². The molecule has 0 fully saturated rings. The quantitative estimate of drug-likeness (QED) is 0.460. The Labute approximate surface area is 122 Å². The predicted molar refractivity (Wildman–Crippen MR) is 77.1 cm³/mol. The summed E-state index contributed by atoms with van der Waals surface area (Å²) in [5, 5.41) is -0.408. The fourth-order valence-corrected chi connectivity index (χ4v) is 4.57. The normalized spacial score (nSPS) is 11.3. The van der Waals surface area contributed by atoms with E-state index in [4.69, 9.17) is 11.6 Å². The molecule has 0 amide bonds. The van der Waals surface area contributed by atoms with Gasteiger partial charge in [-0.15, -0.1) is 0 Å². The fraction of sp³-hybridized carbons (Fsp3) is 0. The number of rotatable bonds is 4. The Kier molecular flexibility index (Phi) is 5.01. The summed E-state index contributed by atoms with van der Waals surface area (Å²) < 4.78 is 2.35. The predicted octanol–water partition coefficient (Wildman–Crippen LogP) is 2.82. The molecule has 0 heterocycles. The van der Waals surface area contributed by atoms with Crippen molar-refractivity contribution < 1.29 is 4.79 Å². The van der Waals surface area contributed by atoms with Crippen molar-refractivity contribution in [2.75, 3.05) is 0 Å². The Balaban J connectivity index is 2.31. The summed E-state index contributed by atoms with van der Waals surface area (Å²) >= 11 is 4.90. The van der Waals surface area contributed by atoms with Crippen LogP contribution in [-0.4, -0.2) is 26.2 Å². The second-order valence-corrected chi connectivity index (χ2v) is 7.15. The van der Waals surface area contributed by atoms with Crippen LogP contribution in [0.25, 0.3) is 3.62 Å². The van der Waals surface area contributed by atoms with Gasteiger partial charge in [0.1, 0.15) is 0 Å². The SMILES string of the molecule is O=C(Cl)/C=C(\[Te]c1ccccc1)c1ccccc1. The van der Waals surface area contributed by atoms with Crippen LogP contribution in [0.15, 0.2) is 66.7 Å². The van der Waals surface area contributed by atoms with Crippen LogP contribution in [0.2, 0.25) is 0 Å². The Morgan fingerprint density at radius 1 is 0.944 bits per heavy atom. The molecule has 0 spiro atoms. The molecule has 0 bridgehead atoms. The molecule has 0 unspecified atom stereocenters. The Bertz CT molecular complexity index is 549. The van der Waals surface area contributed by atoms with E-state index in [2.05, 4.69) is 12.1 Å². The van der Waals surface area contributed by atoms with Crippen molar-refractivity contribution in [3.05, 3.63) is 72.3 Å². The van der Waals surface area contributed by atoms with Crippen molar-refractivity contribution in [2.24, 2.45) is 0 Å². The van der Waals surface area contributed by atoms with Crippen LogP contribution in [0.4, 0.5) is 0 Å². The van der Waals surface area contributed by atoms with Gasteiger partial charge in [0.05, 0.1) is 0 Å². The third-order valence-corrected chi connectivity index (χ3v) is 5.47. The molecule has 0 aromatic heterocycles. The third-order valence-electron chi connectivity index (χ3n) is 2.27. The number of halogens is 1. The van der Waals surface area contributed by atoms with E-state index in [1.54, 1.807) is 6.08 Å². The molecule has 0 aliphatic rings. The maximum absolute atomic E-state index is 11.1. The maximum atomic E-state index is 11.1. The van der Waals surface area contributed by atoms with Crippen molar-refractivity contribution in [2.45, 2.75) is 0 Å². The average molecular weight is 370 g/mol. The van der Waals surface area contributed by atoms with Gasteiger partial charge in [-0.25, -0.2) is 0 Å². The van der Waals surface area contributed by atoms with Gasteiger partial charge in [0.25, 0.3) is 0 Å². The van der Waals surface area contributed by atoms with Crippen molar-refractivity contribution >= 4 is 45.0 Å². The standard InChI is InChI=1S/C15H11ClOTe/c16-15(17)11-14(12-7-3-1-4-8-12)18-13-9-5-2-6-10-13/h1-11H/b14-11-. The average Bonchev–Trinajstić information content (AvgIpc) is 2.40. The summed E-state index contributed by atoms with van der Waals surface area (Å²) in [6.45, 7) is 0. The van der Waals surface area contributed by atoms with Crippen molar-refractivity contribution in [3.8, 4) is 0 Å². The third kappa shape index (κ3) is 3.99. The summed E-state index contributed by atoms with van der Waals surface area (Å²) in [5.74, 6) is 0. The summed E-state index contributed by atoms with van der Waals surface area (Å²) in [6.07, 6.45) is 1.55. The molecule has 0 radical (unpaired) electrons. The monoisotopic (exact) mass is 372 g/mol. The van der Waals surface area contributed by atoms with Gasteiger partial charge in [-0.2, -0.15) is 0 Å². The zero-order valence-corrected chi connectivity index (χ0v) is 12.6. The first-order valence-electron chi connectivity index (χ1n) is 5.45. The molecule has 0 saturated heterocycles. The van der Waals surface area contributed by atoms with Crippen molar-refractivity contribution in [3.63, 3.8) is 0 Å². The number of hydrogen-bond donors (Lipinski definition) is 0. The van der Waals surface area contributed by atoms with E-state index in [1.165, 1.54) is 3.61 Å². The number of allylic oxidation sites excluding steroid dienone is 1. The molecule has 2 aromatic carbocycles. The molecule has 0 aliphatic heterocycles. The van der Waals surface area contributed by atoms with Crippen LogP contribution in [0.5, 0.6) is 0 Å². The second kappa shape index (κ2) is 6.75. The van der Waals surface area contributed by atoms with E-state index in [0.717, 1.165) is 9.18 Å². The van der Waals surface area contributed by atoms with Crippen LogP contribution in [-0.2, 0) is 4.79 Å². The van der Waals surface area contributed by atoms with Gasteiger partial charge in [0, 0.05) is 0 Å². The van der Waals surface area contributed by atoms with Gasteiger partial charge in [-0.1, -0.05) is 0 Å². The van der Waals surface area contributed by atoms with E-state index >= 15 is 0 Å². The van der Waals surface area contributed by atoms with E-state index in [-0.39, 0.29) is 0 Å². The first-order chi connectivity index (χ1) is 8.75. The van der Waals surface area contributed by atoms with Gasteiger partial charge in [0.15, 0.2) is 0 Å². The van der Waals surface area contributed by atoms with E-state index in [9.17, 15) is 4.79 Å². The van der Waals surface area contributed by atoms with Gasteiger partial charge >= 0.3 is 122 Å². The minimum atomic E-state index is -0.594. The number of carbonyl (C=O) groups is 1. The van der Waals surface area contributed by atoms with E-state index < -0.39 is 26.2 Å².